The van der Waals surface area contributed by atoms with Gasteiger partial charge in [0.1, 0.15) is 5.75 Å². The number of hydrogen-bond acceptors (Lipinski definition) is 5. The van der Waals surface area contributed by atoms with E-state index in [0.717, 1.165) is 39.2 Å². The second kappa shape index (κ2) is 8.37. The highest BCUT2D eigenvalue weighted by atomic mass is 35.5. The van der Waals surface area contributed by atoms with Gasteiger partial charge in [0.15, 0.2) is 5.13 Å². The fraction of sp³-hybridized carbons (Fsp3) is 0.333. The van der Waals surface area contributed by atoms with Gasteiger partial charge in [-0.05, 0) is 37.3 Å². The zero-order valence-corrected chi connectivity index (χ0v) is 17.3. The number of ether oxygens (including phenoxy) is 1. The Bertz CT molecular complexity index is 965. The summed E-state index contributed by atoms with van der Waals surface area (Å²) >= 11 is 7.71. The van der Waals surface area contributed by atoms with Gasteiger partial charge in [-0.25, -0.2) is 4.98 Å². The number of nitrogens with zero attached hydrogens (tertiary/aromatic N) is 3. The van der Waals surface area contributed by atoms with E-state index >= 15 is 0 Å². The minimum atomic E-state index is 0.142. The molecular formula is C21H22ClN3O2S. The first kappa shape index (κ1) is 19.0. The van der Waals surface area contributed by atoms with Crippen molar-refractivity contribution < 1.29 is 9.53 Å². The molecule has 0 spiro atoms. The summed E-state index contributed by atoms with van der Waals surface area (Å²) in [4.78, 5) is 21.3. The van der Waals surface area contributed by atoms with E-state index in [1.807, 2.05) is 54.3 Å². The second-order valence-corrected chi connectivity index (χ2v) is 8.33. The van der Waals surface area contributed by atoms with Crippen LogP contribution in [0.2, 0.25) is 5.02 Å². The smallest absolute Gasteiger partial charge is 0.226 e. The number of benzene rings is 2. The lowest BCUT2D eigenvalue weighted by Gasteiger charge is -2.34. The molecular weight excluding hydrogens is 394 g/mol. The molecule has 1 saturated heterocycles. The van der Waals surface area contributed by atoms with Crippen LogP contribution in [-0.2, 0) is 4.79 Å². The summed E-state index contributed by atoms with van der Waals surface area (Å²) in [6, 6.07) is 13.6. The third-order valence-electron chi connectivity index (χ3n) is 4.85. The lowest BCUT2D eigenvalue weighted by molar-refractivity contribution is -0.132. The molecule has 1 amide bonds. The second-order valence-electron chi connectivity index (χ2n) is 6.89. The molecule has 0 aliphatic carbocycles. The van der Waals surface area contributed by atoms with Crippen LogP contribution in [0.1, 0.15) is 12.0 Å². The third-order valence-corrected chi connectivity index (χ3v) is 6.16. The predicted octanol–water partition coefficient (Wildman–Crippen LogP) is 4.38. The summed E-state index contributed by atoms with van der Waals surface area (Å²) in [5, 5.41) is 1.72. The van der Waals surface area contributed by atoms with Gasteiger partial charge < -0.3 is 14.5 Å². The number of aromatic nitrogens is 1. The molecule has 0 unspecified atom stereocenters. The lowest BCUT2D eigenvalue weighted by atomic mass is 10.2. The average molecular weight is 416 g/mol. The van der Waals surface area contributed by atoms with Crippen LogP contribution in [0.4, 0.5) is 5.13 Å². The van der Waals surface area contributed by atoms with E-state index in [0.29, 0.717) is 26.1 Å². The van der Waals surface area contributed by atoms with Gasteiger partial charge in [-0.2, -0.15) is 0 Å². The van der Waals surface area contributed by atoms with Crippen molar-refractivity contribution in [2.45, 2.75) is 13.3 Å². The Kier molecular flexibility index (Phi) is 5.69. The maximum atomic E-state index is 12.5. The van der Waals surface area contributed by atoms with Gasteiger partial charge in [-0.1, -0.05) is 40.6 Å². The number of halogens is 1. The average Bonchev–Trinajstić information content (AvgIpc) is 3.12. The summed E-state index contributed by atoms with van der Waals surface area (Å²) in [5.41, 5.74) is 2.16. The molecule has 146 valence electrons. The normalized spacial score (nSPS) is 14.5. The third kappa shape index (κ3) is 4.39. The van der Waals surface area contributed by atoms with E-state index in [1.54, 1.807) is 11.3 Å². The van der Waals surface area contributed by atoms with Crippen LogP contribution in [0.5, 0.6) is 5.75 Å². The zero-order chi connectivity index (χ0) is 19.5. The summed E-state index contributed by atoms with van der Waals surface area (Å²) < 4.78 is 6.77. The number of piperazine rings is 1. The number of fused-ring (bicyclic) bond motifs is 1. The van der Waals surface area contributed by atoms with Crippen LogP contribution in [0.3, 0.4) is 0 Å². The van der Waals surface area contributed by atoms with E-state index in [9.17, 15) is 4.79 Å². The number of rotatable bonds is 5. The molecule has 1 aliphatic rings. The number of aryl methyl sites for hydroxylation is 1. The fourth-order valence-electron chi connectivity index (χ4n) is 3.22. The Hall–Kier alpha value is -2.31. The molecule has 1 aliphatic heterocycles. The van der Waals surface area contributed by atoms with Gasteiger partial charge in [-0.15, -0.1) is 0 Å². The topological polar surface area (TPSA) is 45.7 Å². The predicted molar refractivity (Wildman–Crippen MR) is 115 cm³/mol. The molecule has 28 heavy (non-hydrogen) atoms. The molecule has 1 aromatic heterocycles. The fourth-order valence-corrected chi connectivity index (χ4v) is 4.51. The molecule has 2 aromatic carbocycles. The number of hydrogen-bond donors (Lipinski definition) is 0. The molecule has 3 aromatic rings. The number of amides is 1. The van der Waals surface area contributed by atoms with Crippen LogP contribution in [0, 0.1) is 6.92 Å². The van der Waals surface area contributed by atoms with Crippen molar-refractivity contribution in [3.05, 3.63) is 53.1 Å². The Morgan fingerprint density at radius 1 is 1.14 bits per heavy atom. The standard InChI is InChI=1S/C21H22ClN3O2S/c1-15-2-5-17(6-3-15)27-13-8-20(26)24-9-11-25(12-10-24)21-23-18-7-4-16(22)14-19(18)28-21/h2-7,14H,8-13H2,1H3. The molecule has 2 heterocycles. The van der Waals surface area contributed by atoms with E-state index < -0.39 is 0 Å². The van der Waals surface area contributed by atoms with E-state index in [4.69, 9.17) is 21.3 Å². The highest BCUT2D eigenvalue weighted by molar-refractivity contribution is 7.22. The minimum Gasteiger partial charge on any atom is -0.493 e. The first-order valence-electron chi connectivity index (χ1n) is 9.37. The maximum Gasteiger partial charge on any atom is 0.226 e. The molecule has 0 radical (unpaired) electrons. The molecule has 0 atom stereocenters. The van der Waals surface area contributed by atoms with E-state index in [-0.39, 0.29) is 5.91 Å². The lowest BCUT2D eigenvalue weighted by Crippen LogP contribution is -2.49. The van der Waals surface area contributed by atoms with E-state index in [2.05, 4.69) is 4.90 Å². The summed E-state index contributed by atoms with van der Waals surface area (Å²) in [7, 11) is 0. The monoisotopic (exact) mass is 415 g/mol. The van der Waals surface area contributed by atoms with Crippen molar-refractivity contribution in [2.24, 2.45) is 0 Å². The van der Waals surface area contributed by atoms with Crippen LogP contribution in [-0.4, -0.2) is 48.6 Å². The Morgan fingerprint density at radius 2 is 1.89 bits per heavy atom. The number of carbonyl (C=O) groups is 1. The minimum absolute atomic E-state index is 0.142. The molecule has 4 rings (SSSR count). The zero-order valence-electron chi connectivity index (χ0n) is 15.7. The number of thiazole rings is 1. The van der Waals surface area contributed by atoms with Crippen molar-refractivity contribution in [1.82, 2.24) is 9.88 Å². The highest BCUT2D eigenvalue weighted by Crippen LogP contribution is 2.31. The first-order chi connectivity index (χ1) is 13.6. The van der Waals surface area contributed by atoms with Gasteiger partial charge in [-0.3, -0.25) is 4.79 Å². The van der Waals surface area contributed by atoms with Gasteiger partial charge in [0.2, 0.25) is 5.91 Å². The van der Waals surface area contributed by atoms with Crippen molar-refractivity contribution in [3.63, 3.8) is 0 Å². The largest absolute Gasteiger partial charge is 0.493 e. The van der Waals surface area contributed by atoms with Crippen LogP contribution in [0.25, 0.3) is 10.2 Å². The Labute approximate surface area is 173 Å². The number of carbonyl (C=O) groups excluding carboxylic acids is 1. The van der Waals surface area contributed by atoms with E-state index in [1.165, 1.54) is 5.56 Å². The molecule has 0 N–H and O–H groups in total. The van der Waals surface area contributed by atoms with Crippen molar-refractivity contribution >= 4 is 44.2 Å². The first-order valence-corrected chi connectivity index (χ1v) is 10.6. The maximum absolute atomic E-state index is 12.5. The van der Waals surface area contributed by atoms with Crippen LogP contribution < -0.4 is 9.64 Å². The van der Waals surface area contributed by atoms with Crippen LogP contribution >= 0.6 is 22.9 Å². The SMILES string of the molecule is Cc1ccc(OCCC(=O)N2CCN(c3nc4ccc(Cl)cc4s3)CC2)cc1. The van der Waals surface area contributed by atoms with Gasteiger partial charge in [0, 0.05) is 31.2 Å². The summed E-state index contributed by atoms with van der Waals surface area (Å²) in [6.45, 7) is 5.44. The summed E-state index contributed by atoms with van der Waals surface area (Å²) in [6.07, 6.45) is 0.396. The Balaban J connectivity index is 1.27. The molecule has 7 heteroatoms. The van der Waals surface area contributed by atoms with Crippen LogP contribution in [0.15, 0.2) is 42.5 Å². The highest BCUT2D eigenvalue weighted by Gasteiger charge is 2.23. The van der Waals surface area contributed by atoms with Gasteiger partial charge in [0.05, 0.1) is 23.2 Å². The molecule has 0 saturated carbocycles. The Morgan fingerprint density at radius 3 is 2.64 bits per heavy atom. The van der Waals surface area contributed by atoms with Gasteiger partial charge >= 0.3 is 0 Å². The summed E-state index contributed by atoms with van der Waals surface area (Å²) in [5.74, 6) is 0.946. The van der Waals surface area contributed by atoms with Crippen molar-refractivity contribution in [2.75, 3.05) is 37.7 Å². The molecule has 1 fully saturated rings. The number of anilines is 1. The quantitative estimate of drug-likeness (QED) is 0.620. The molecule has 5 nitrogen and oxygen atoms in total. The van der Waals surface area contributed by atoms with Crippen molar-refractivity contribution in [1.29, 1.82) is 0 Å². The van der Waals surface area contributed by atoms with Gasteiger partial charge in [0.25, 0.3) is 0 Å². The molecule has 0 bridgehead atoms. The van der Waals surface area contributed by atoms with Crippen molar-refractivity contribution in [3.8, 4) is 5.75 Å².